The van der Waals surface area contributed by atoms with E-state index in [-0.39, 0.29) is 5.91 Å². The van der Waals surface area contributed by atoms with Crippen LogP contribution in [0.3, 0.4) is 0 Å². The molecule has 1 aromatic rings. The van der Waals surface area contributed by atoms with Gasteiger partial charge in [-0.3, -0.25) is 9.78 Å². The van der Waals surface area contributed by atoms with E-state index in [4.69, 9.17) is 0 Å². The number of carbonyl (C=O) groups excluding carboxylic acids is 1. The van der Waals surface area contributed by atoms with Gasteiger partial charge in [-0.05, 0) is 50.3 Å². The van der Waals surface area contributed by atoms with Gasteiger partial charge < -0.3 is 10.2 Å². The summed E-state index contributed by atoms with van der Waals surface area (Å²) < 4.78 is 0. The van der Waals surface area contributed by atoms with Crippen molar-refractivity contribution in [2.24, 2.45) is 0 Å². The molecule has 0 aromatic carbocycles. The van der Waals surface area contributed by atoms with E-state index in [9.17, 15) is 4.79 Å². The van der Waals surface area contributed by atoms with Gasteiger partial charge in [-0.25, -0.2) is 0 Å². The lowest BCUT2D eigenvalue weighted by Gasteiger charge is -2.09. The van der Waals surface area contributed by atoms with Crippen molar-refractivity contribution in [3.05, 3.63) is 41.9 Å². The first-order valence-corrected chi connectivity index (χ1v) is 7.36. The highest BCUT2D eigenvalue weighted by molar-refractivity contribution is 5.87. The molecule has 20 heavy (non-hydrogen) atoms. The molecule has 0 unspecified atom stereocenters. The number of amides is 1. The van der Waals surface area contributed by atoms with Gasteiger partial charge >= 0.3 is 0 Å². The number of aryl methyl sites for hydroxylation is 2. The summed E-state index contributed by atoms with van der Waals surface area (Å²) in [7, 11) is 0. The number of hydrogen-bond acceptors (Lipinski definition) is 3. The number of likely N-dealkylation sites (tertiary alicyclic amines) is 1. The largest absolute Gasteiger partial charge is 0.377 e. The zero-order chi connectivity index (χ0) is 14.2. The van der Waals surface area contributed by atoms with Crippen LogP contribution in [0.2, 0.25) is 0 Å². The molecule has 0 spiro atoms. The molecule has 0 aliphatic carbocycles. The van der Waals surface area contributed by atoms with Crippen molar-refractivity contribution in [2.45, 2.75) is 32.6 Å². The highest BCUT2D eigenvalue weighted by Gasteiger charge is 2.06. The van der Waals surface area contributed by atoms with E-state index in [0.717, 1.165) is 31.6 Å². The lowest BCUT2D eigenvalue weighted by atomic mass is 10.2. The molecule has 0 atom stereocenters. The number of carbonyl (C=O) groups is 1. The smallest absolute Gasteiger partial charge is 0.245 e. The van der Waals surface area contributed by atoms with Crippen LogP contribution in [0, 0.1) is 6.92 Å². The summed E-state index contributed by atoms with van der Waals surface area (Å²) in [4.78, 5) is 18.1. The number of aromatic nitrogens is 1. The monoisotopic (exact) mass is 273 g/mol. The molecule has 2 heterocycles. The average Bonchev–Trinajstić information content (AvgIpc) is 2.95. The first kappa shape index (κ1) is 14.6. The average molecular weight is 273 g/mol. The number of pyridine rings is 1. The number of nitrogens with zero attached hydrogens (tertiary/aromatic N) is 2. The Bertz CT molecular complexity index is 465. The molecule has 0 saturated carbocycles. The molecule has 1 N–H and O–H groups in total. The second-order valence-electron chi connectivity index (χ2n) is 5.28. The van der Waals surface area contributed by atoms with Crippen molar-refractivity contribution in [1.82, 2.24) is 15.2 Å². The Morgan fingerprint density at radius 2 is 2.25 bits per heavy atom. The van der Waals surface area contributed by atoms with Gasteiger partial charge in [0.15, 0.2) is 0 Å². The SMILES string of the molecule is Cc1ccnc(CCCNC(=O)C=CN2CCCC2)c1. The minimum Gasteiger partial charge on any atom is -0.377 e. The van der Waals surface area contributed by atoms with E-state index in [1.807, 2.05) is 18.5 Å². The van der Waals surface area contributed by atoms with Crippen LogP contribution in [0.1, 0.15) is 30.5 Å². The summed E-state index contributed by atoms with van der Waals surface area (Å²) in [5.74, 6) is -0.00546. The van der Waals surface area contributed by atoms with Crippen LogP contribution in [0.15, 0.2) is 30.6 Å². The zero-order valence-corrected chi connectivity index (χ0v) is 12.1. The van der Waals surface area contributed by atoms with E-state index in [1.54, 1.807) is 6.08 Å². The van der Waals surface area contributed by atoms with Crippen LogP contribution in [0.5, 0.6) is 0 Å². The summed E-state index contributed by atoms with van der Waals surface area (Å²) in [6.45, 7) is 4.90. The van der Waals surface area contributed by atoms with Gasteiger partial charge in [-0.1, -0.05) is 0 Å². The van der Waals surface area contributed by atoms with Crippen LogP contribution in [0.4, 0.5) is 0 Å². The Morgan fingerprint density at radius 3 is 3.00 bits per heavy atom. The van der Waals surface area contributed by atoms with Crippen LogP contribution in [0.25, 0.3) is 0 Å². The van der Waals surface area contributed by atoms with Gasteiger partial charge in [0.05, 0.1) is 0 Å². The third-order valence-corrected chi connectivity index (χ3v) is 3.46. The van der Waals surface area contributed by atoms with Crippen LogP contribution in [-0.2, 0) is 11.2 Å². The zero-order valence-electron chi connectivity index (χ0n) is 12.1. The number of hydrogen-bond donors (Lipinski definition) is 1. The molecule has 1 saturated heterocycles. The normalized spacial score (nSPS) is 14.9. The van der Waals surface area contributed by atoms with E-state index < -0.39 is 0 Å². The molecule has 1 aromatic heterocycles. The molecule has 2 rings (SSSR count). The molecule has 0 bridgehead atoms. The Balaban J connectivity index is 1.61. The molecular weight excluding hydrogens is 250 g/mol. The van der Waals surface area contributed by atoms with Gasteiger partial charge in [0.2, 0.25) is 5.91 Å². The second kappa shape index (κ2) is 7.68. The van der Waals surface area contributed by atoms with Crippen molar-refractivity contribution in [3.8, 4) is 0 Å². The van der Waals surface area contributed by atoms with Gasteiger partial charge in [-0.15, -0.1) is 0 Å². The minimum atomic E-state index is -0.00546. The quantitative estimate of drug-likeness (QED) is 0.637. The summed E-state index contributed by atoms with van der Waals surface area (Å²) in [6, 6.07) is 4.09. The van der Waals surface area contributed by atoms with Crippen molar-refractivity contribution >= 4 is 5.91 Å². The predicted molar refractivity (Wildman–Crippen MR) is 80.3 cm³/mol. The Morgan fingerprint density at radius 1 is 1.45 bits per heavy atom. The first-order chi connectivity index (χ1) is 9.74. The van der Waals surface area contributed by atoms with Crippen LogP contribution in [-0.4, -0.2) is 35.4 Å². The highest BCUT2D eigenvalue weighted by atomic mass is 16.1. The van der Waals surface area contributed by atoms with Crippen LogP contribution < -0.4 is 5.32 Å². The molecule has 1 fully saturated rings. The predicted octanol–water partition coefficient (Wildman–Crippen LogP) is 2.05. The maximum absolute atomic E-state index is 11.6. The third kappa shape index (κ3) is 5.03. The fourth-order valence-electron chi connectivity index (χ4n) is 2.34. The van der Waals surface area contributed by atoms with Crippen molar-refractivity contribution < 1.29 is 4.79 Å². The Labute approximate surface area is 120 Å². The van der Waals surface area contributed by atoms with Crippen molar-refractivity contribution in [3.63, 3.8) is 0 Å². The van der Waals surface area contributed by atoms with E-state index >= 15 is 0 Å². The molecule has 0 radical (unpaired) electrons. The first-order valence-electron chi connectivity index (χ1n) is 7.36. The topological polar surface area (TPSA) is 45.2 Å². The maximum Gasteiger partial charge on any atom is 0.245 e. The summed E-state index contributed by atoms with van der Waals surface area (Å²) in [5.41, 5.74) is 2.32. The van der Waals surface area contributed by atoms with E-state index in [1.165, 1.54) is 18.4 Å². The molecular formula is C16H23N3O. The van der Waals surface area contributed by atoms with Crippen molar-refractivity contribution in [1.29, 1.82) is 0 Å². The fourth-order valence-corrected chi connectivity index (χ4v) is 2.34. The number of rotatable bonds is 6. The van der Waals surface area contributed by atoms with Gasteiger partial charge in [0, 0.05) is 43.8 Å². The molecule has 4 nitrogen and oxygen atoms in total. The summed E-state index contributed by atoms with van der Waals surface area (Å²) >= 11 is 0. The number of nitrogens with one attached hydrogen (secondary N) is 1. The van der Waals surface area contributed by atoms with Crippen molar-refractivity contribution in [2.75, 3.05) is 19.6 Å². The fraction of sp³-hybridized carbons (Fsp3) is 0.500. The lowest BCUT2D eigenvalue weighted by Crippen LogP contribution is -2.23. The summed E-state index contributed by atoms with van der Waals surface area (Å²) in [5, 5.41) is 2.91. The maximum atomic E-state index is 11.6. The summed E-state index contributed by atoms with van der Waals surface area (Å²) in [6.07, 6.45) is 9.66. The molecule has 1 amide bonds. The van der Waals surface area contributed by atoms with E-state index in [2.05, 4.69) is 28.2 Å². The molecule has 1 aliphatic heterocycles. The lowest BCUT2D eigenvalue weighted by molar-refractivity contribution is -0.116. The van der Waals surface area contributed by atoms with Gasteiger partial charge in [0.1, 0.15) is 0 Å². The molecule has 1 aliphatic rings. The Kier molecular flexibility index (Phi) is 5.59. The minimum absolute atomic E-state index is 0.00546. The Hall–Kier alpha value is -1.84. The van der Waals surface area contributed by atoms with E-state index in [0.29, 0.717) is 6.54 Å². The second-order valence-corrected chi connectivity index (χ2v) is 5.28. The van der Waals surface area contributed by atoms with Gasteiger partial charge in [0.25, 0.3) is 0 Å². The molecule has 4 heteroatoms. The van der Waals surface area contributed by atoms with Crippen LogP contribution >= 0.6 is 0 Å². The van der Waals surface area contributed by atoms with Gasteiger partial charge in [-0.2, -0.15) is 0 Å². The standard InChI is InChI=1S/C16H23N3O/c1-14-6-9-17-15(13-14)5-4-8-18-16(20)7-12-19-10-2-3-11-19/h6-7,9,12-13H,2-5,8,10-11H2,1H3,(H,18,20). The molecule has 108 valence electrons. The highest BCUT2D eigenvalue weighted by Crippen LogP contribution is 2.07. The third-order valence-electron chi connectivity index (χ3n) is 3.46.